The lowest BCUT2D eigenvalue weighted by molar-refractivity contribution is -0.136. The second-order valence-corrected chi connectivity index (χ2v) is 5.65. The van der Waals surface area contributed by atoms with Crippen LogP contribution < -0.4 is 0 Å². The Hall–Kier alpha value is -2.82. The molecule has 5 heteroatoms. The molecule has 0 saturated carbocycles. The summed E-state index contributed by atoms with van der Waals surface area (Å²) in [5.74, 6) is -0.385. The molecule has 2 aromatic carbocycles. The van der Waals surface area contributed by atoms with Crippen molar-refractivity contribution in [3.05, 3.63) is 59.7 Å². The molecule has 2 aliphatic rings. The average molecular weight is 309 g/mol. The van der Waals surface area contributed by atoms with Crippen molar-refractivity contribution in [2.75, 3.05) is 19.9 Å². The first-order chi connectivity index (χ1) is 11.2. The van der Waals surface area contributed by atoms with Crippen LogP contribution in [0.2, 0.25) is 0 Å². The van der Waals surface area contributed by atoms with Gasteiger partial charge in [-0.2, -0.15) is 0 Å². The van der Waals surface area contributed by atoms with Gasteiger partial charge in [-0.15, -0.1) is 0 Å². The fraction of sp³-hybridized carbons (Fsp3) is 0.222. The number of carbonyl (C=O) groups is 2. The largest absolute Gasteiger partial charge is 0.448 e. The minimum Gasteiger partial charge on any atom is -0.448 e. The molecule has 116 valence electrons. The third-order valence-corrected chi connectivity index (χ3v) is 4.30. The van der Waals surface area contributed by atoms with E-state index in [9.17, 15) is 9.59 Å². The Kier molecular flexibility index (Phi) is 3.26. The van der Waals surface area contributed by atoms with E-state index in [1.807, 2.05) is 24.3 Å². The molecule has 23 heavy (non-hydrogen) atoms. The third-order valence-electron chi connectivity index (χ3n) is 4.30. The Balaban J connectivity index is 1.55. The predicted molar refractivity (Wildman–Crippen MR) is 82.7 cm³/mol. The van der Waals surface area contributed by atoms with Crippen molar-refractivity contribution < 1.29 is 19.1 Å². The zero-order valence-electron chi connectivity index (χ0n) is 12.4. The van der Waals surface area contributed by atoms with Crippen molar-refractivity contribution in [1.82, 2.24) is 4.90 Å². The van der Waals surface area contributed by atoms with Gasteiger partial charge in [0.05, 0.1) is 0 Å². The molecule has 0 bridgehead atoms. The molecule has 0 atom stereocenters. The Labute approximate surface area is 133 Å². The van der Waals surface area contributed by atoms with Crippen LogP contribution in [0.15, 0.2) is 48.5 Å². The van der Waals surface area contributed by atoms with Crippen molar-refractivity contribution in [3.8, 4) is 11.1 Å². The van der Waals surface area contributed by atoms with E-state index in [0.29, 0.717) is 0 Å². The first kappa shape index (κ1) is 13.8. The number of benzene rings is 2. The van der Waals surface area contributed by atoms with Crippen LogP contribution in [0.1, 0.15) is 17.0 Å². The maximum absolute atomic E-state index is 12.0. The summed E-state index contributed by atoms with van der Waals surface area (Å²) in [4.78, 5) is 24.4. The summed E-state index contributed by atoms with van der Waals surface area (Å²) in [7, 11) is 0. The van der Waals surface area contributed by atoms with Gasteiger partial charge in [0, 0.05) is 5.92 Å². The standard InChI is InChI=1S/C18H15NO4/c20-17-9-19(11-23-17)18(21)22-10-16-14-7-3-1-5-12(14)13-6-2-4-8-15(13)16/h1-8,16H,9-11H2. The summed E-state index contributed by atoms with van der Waals surface area (Å²) >= 11 is 0. The topological polar surface area (TPSA) is 55.8 Å². The highest BCUT2D eigenvalue weighted by Gasteiger charge is 2.31. The zero-order valence-corrected chi connectivity index (χ0v) is 12.4. The number of cyclic esters (lactones) is 1. The van der Waals surface area contributed by atoms with Crippen LogP contribution in [0.25, 0.3) is 11.1 Å². The van der Waals surface area contributed by atoms with Crippen molar-refractivity contribution in [2.24, 2.45) is 0 Å². The molecule has 0 spiro atoms. The van der Waals surface area contributed by atoms with E-state index in [2.05, 4.69) is 24.3 Å². The lowest BCUT2D eigenvalue weighted by Gasteiger charge is -2.17. The minimum absolute atomic E-state index is 0.0190. The van der Waals surface area contributed by atoms with Gasteiger partial charge in [-0.1, -0.05) is 48.5 Å². The number of hydrogen-bond donors (Lipinski definition) is 0. The number of carbonyl (C=O) groups excluding carboxylic acids is 2. The van der Waals surface area contributed by atoms with Gasteiger partial charge < -0.3 is 9.47 Å². The summed E-state index contributed by atoms with van der Waals surface area (Å²) in [6.07, 6.45) is -0.516. The second kappa shape index (κ2) is 5.43. The summed E-state index contributed by atoms with van der Waals surface area (Å²) < 4.78 is 10.2. The fourth-order valence-electron chi connectivity index (χ4n) is 3.20. The highest BCUT2D eigenvalue weighted by atomic mass is 16.6. The van der Waals surface area contributed by atoms with Gasteiger partial charge in [-0.25, -0.2) is 4.79 Å². The minimum atomic E-state index is -0.516. The summed E-state index contributed by atoms with van der Waals surface area (Å²) in [6.45, 7) is 0.170. The third kappa shape index (κ3) is 2.34. The lowest BCUT2D eigenvalue weighted by Crippen LogP contribution is -2.30. The monoisotopic (exact) mass is 309 g/mol. The summed E-state index contributed by atoms with van der Waals surface area (Å²) in [5, 5.41) is 0. The molecule has 4 rings (SSSR count). The molecule has 0 N–H and O–H groups in total. The van der Waals surface area contributed by atoms with E-state index < -0.39 is 12.1 Å². The SMILES string of the molecule is O=C1CN(C(=O)OCC2c3ccccc3-c3ccccc32)CO1. The molecule has 0 aromatic heterocycles. The van der Waals surface area contributed by atoms with Crippen molar-refractivity contribution in [2.45, 2.75) is 5.92 Å². The number of nitrogens with zero attached hydrogens (tertiary/aromatic N) is 1. The Morgan fingerprint density at radius 3 is 2.26 bits per heavy atom. The van der Waals surface area contributed by atoms with Crippen LogP contribution in [0, 0.1) is 0 Å². The summed E-state index contributed by atoms with van der Waals surface area (Å²) in [6, 6.07) is 16.3. The van der Waals surface area contributed by atoms with Crippen LogP contribution in [0.3, 0.4) is 0 Å². The first-order valence-corrected chi connectivity index (χ1v) is 7.49. The smallest absolute Gasteiger partial charge is 0.413 e. The van der Waals surface area contributed by atoms with Gasteiger partial charge in [0.25, 0.3) is 0 Å². The Morgan fingerprint density at radius 2 is 1.70 bits per heavy atom. The van der Waals surface area contributed by atoms with Crippen LogP contribution in [-0.2, 0) is 14.3 Å². The molecule has 1 heterocycles. The Morgan fingerprint density at radius 1 is 1.09 bits per heavy atom. The van der Waals surface area contributed by atoms with E-state index in [1.54, 1.807) is 0 Å². The molecular formula is C18H15NO4. The maximum atomic E-state index is 12.0. The number of hydrogen-bond acceptors (Lipinski definition) is 4. The highest BCUT2D eigenvalue weighted by molar-refractivity contribution is 5.81. The number of ether oxygens (including phenoxy) is 2. The lowest BCUT2D eigenvalue weighted by atomic mass is 9.98. The number of amides is 1. The van der Waals surface area contributed by atoms with E-state index in [4.69, 9.17) is 9.47 Å². The number of fused-ring (bicyclic) bond motifs is 3. The quantitative estimate of drug-likeness (QED) is 0.800. The Bertz CT molecular complexity index is 741. The molecular weight excluding hydrogens is 294 g/mol. The van der Waals surface area contributed by atoms with E-state index >= 15 is 0 Å². The van der Waals surface area contributed by atoms with Gasteiger partial charge in [0.2, 0.25) is 0 Å². The van der Waals surface area contributed by atoms with Crippen molar-refractivity contribution in [3.63, 3.8) is 0 Å². The zero-order chi connectivity index (χ0) is 15.8. The molecule has 1 fully saturated rings. The first-order valence-electron chi connectivity index (χ1n) is 7.49. The van der Waals surface area contributed by atoms with E-state index in [0.717, 1.165) is 11.1 Å². The number of rotatable bonds is 2. The van der Waals surface area contributed by atoms with Gasteiger partial charge in [-0.05, 0) is 22.3 Å². The molecule has 1 saturated heterocycles. The molecule has 5 nitrogen and oxygen atoms in total. The molecule has 2 aromatic rings. The highest BCUT2D eigenvalue weighted by Crippen LogP contribution is 2.44. The van der Waals surface area contributed by atoms with Crippen LogP contribution in [0.5, 0.6) is 0 Å². The van der Waals surface area contributed by atoms with E-state index in [-0.39, 0.29) is 25.8 Å². The van der Waals surface area contributed by atoms with Crippen LogP contribution in [-0.4, -0.2) is 36.8 Å². The van der Waals surface area contributed by atoms with Crippen molar-refractivity contribution >= 4 is 12.1 Å². The normalized spacial score (nSPS) is 16.0. The molecule has 0 radical (unpaired) electrons. The fourth-order valence-corrected chi connectivity index (χ4v) is 3.20. The van der Waals surface area contributed by atoms with Crippen molar-refractivity contribution in [1.29, 1.82) is 0 Å². The molecule has 0 unspecified atom stereocenters. The van der Waals surface area contributed by atoms with Crippen LogP contribution >= 0.6 is 0 Å². The number of esters is 1. The van der Waals surface area contributed by atoms with Gasteiger partial charge in [0.1, 0.15) is 13.2 Å². The summed E-state index contributed by atoms with van der Waals surface area (Å²) in [5.41, 5.74) is 4.69. The average Bonchev–Trinajstić information content (AvgIpc) is 3.15. The molecule has 1 amide bonds. The second-order valence-electron chi connectivity index (χ2n) is 5.65. The van der Waals surface area contributed by atoms with Gasteiger partial charge in [-0.3, -0.25) is 9.69 Å². The maximum Gasteiger partial charge on any atom is 0.413 e. The molecule has 1 aliphatic heterocycles. The van der Waals surface area contributed by atoms with Gasteiger partial charge >= 0.3 is 12.1 Å². The predicted octanol–water partition coefficient (Wildman–Crippen LogP) is 2.75. The van der Waals surface area contributed by atoms with Crippen LogP contribution in [0.4, 0.5) is 4.79 Å². The van der Waals surface area contributed by atoms with E-state index in [1.165, 1.54) is 16.0 Å². The van der Waals surface area contributed by atoms with Gasteiger partial charge in [0.15, 0.2) is 6.73 Å². The molecule has 1 aliphatic carbocycles.